The first-order chi connectivity index (χ1) is 12.6. The third-order valence-electron chi connectivity index (χ3n) is 3.18. The van der Waals surface area contributed by atoms with Crippen LogP contribution >= 0.6 is 0 Å². The van der Waals surface area contributed by atoms with Crippen LogP contribution in [0, 0.1) is 0 Å². The van der Waals surface area contributed by atoms with Gasteiger partial charge in [-0.3, -0.25) is 4.90 Å². The molecule has 0 radical (unpaired) electrons. The van der Waals surface area contributed by atoms with Crippen molar-refractivity contribution in [2.75, 3.05) is 34.0 Å². The number of esters is 2. The predicted octanol–water partition coefficient (Wildman–Crippen LogP) is 0.141. The fourth-order valence-electron chi connectivity index (χ4n) is 1.94. The van der Waals surface area contributed by atoms with Crippen molar-refractivity contribution in [3.05, 3.63) is 11.8 Å². The van der Waals surface area contributed by atoms with Crippen molar-refractivity contribution < 1.29 is 38.2 Å². The van der Waals surface area contributed by atoms with E-state index in [1.165, 1.54) is 4.90 Å². The Hall–Kier alpha value is -2.82. The lowest BCUT2D eigenvalue weighted by atomic mass is 10.2. The molecule has 0 spiro atoms. The van der Waals surface area contributed by atoms with Crippen LogP contribution in [0.1, 0.15) is 20.8 Å². The van der Waals surface area contributed by atoms with Crippen molar-refractivity contribution in [3.63, 3.8) is 0 Å². The van der Waals surface area contributed by atoms with Crippen LogP contribution in [-0.4, -0.2) is 74.4 Å². The molecule has 11 heteroatoms. The number of amidine groups is 1. The highest BCUT2D eigenvalue weighted by atomic mass is 16.7. The van der Waals surface area contributed by atoms with E-state index in [0.717, 1.165) is 20.3 Å². The SMILES string of the molecule is COC(=O)/C=C(/O/N=C(\N)C1COCCN1C(=O)OC(C)(C)C)C(=O)OC. The highest BCUT2D eigenvalue weighted by Crippen LogP contribution is 2.15. The molecule has 0 aromatic carbocycles. The van der Waals surface area contributed by atoms with Gasteiger partial charge in [-0.25, -0.2) is 14.4 Å². The molecule has 1 fully saturated rings. The molecule has 0 aromatic heterocycles. The molecule has 0 aliphatic carbocycles. The molecule has 0 bridgehead atoms. The monoisotopic (exact) mass is 387 g/mol. The van der Waals surface area contributed by atoms with Crippen LogP contribution in [-0.2, 0) is 33.4 Å². The summed E-state index contributed by atoms with van der Waals surface area (Å²) in [5, 5.41) is 3.62. The van der Waals surface area contributed by atoms with Crippen molar-refractivity contribution in [2.24, 2.45) is 10.9 Å². The average molecular weight is 387 g/mol. The molecule has 1 atom stereocenters. The van der Waals surface area contributed by atoms with Gasteiger partial charge in [-0.15, -0.1) is 0 Å². The van der Waals surface area contributed by atoms with E-state index in [1.807, 2.05) is 0 Å². The molecule has 0 saturated carbocycles. The number of hydrogen-bond donors (Lipinski definition) is 1. The molecule has 1 rings (SSSR count). The Morgan fingerprint density at radius 3 is 2.44 bits per heavy atom. The van der Waals surface area contributed by atoms with E-state index in [2.05, 4.69) is 14.6 Å². The van der Waals surface area contributed by atoms with Gasteiger partial charge < -0.3 is 29.5 Å². The summed E-state index contributed by atoms with van der Waals surface area (Å²) in [4.78, 5) is 41.6. The Kier molecular flexibility index (Phi) is 8.03. The van der Waals surface area contributed by atoms with Crippen LogP contribution in [0.2, 0.25) is 0 Å². The molecule has 1 saturated heterocycles. The summed E-state index contributed by atoms with van der Waals surface area (Å²) in [5.41, 5.74) is 5.20. The molecule has 1 heterocycles. The molecular formula is C16H25N3O8. The zero-order chi connectivity index (χ0) is 20.6. The first-order valence-corrected chi connectivity index (χ1v) is 8.04. The average Bonchev–Trinajstić information content (AvgIpc) is 2.62. The van der Waals surface area contributed by atoms with Crippen LogP contribution in [0.3, 0.4) is 0 Å². The number of ether oxygens (including phenoxy) is 4. The number of nitrogens with two attached hydrogens (primary N) is 1. The van der Waals surface area contributed by atoms with Gasteiger partial charge in [0.05, 0.1) is 33.5 Å². The lowest BCUT2D eigenvalue weighted by Crippen LogP contribution is -2.55. The predicted molar refractivity (Wildman–Crippen MR) is 92.4 cm³/mol. The van der Waals surface area contributed by atoms with Crippen molar-refractivity contribution >= 4 is 23.9 Å². The Balaban J connectivity index is 2.96. The third-order valence-corrected chi connectivity index (χ3v) is 3.18. The van der Waals surface area contributed by atoms with E-state index in [-0.39, 0.29) is 19.0 Å². The van der Waals surface area contributed by atoms with Crippen molar-refractivity contribution in [1.82, 2.24) is 4.90 Å². The number of rotatable bonds is 5. The van der Waals surface area contributed by atoms with Gasteiger partial charge in [0.1, 0.15) is 11.6 Å². The van der Waals surface area contributed by atoms with Gasteiger partial charge in [0.15, 0.2) is 5.84 Å². The number of oxime groups is 1. The lowest BCUT2D eigenvalue weighted by molar-refractivity contribution is -0.142. The molecular weight excluding hydrogens is 362 g/mol. The second-order valence-electron chi connectivity index (χ2n) is 6.40. The number of carbonyl (C=O) groups is 3. The third kappa shape index (κ3) is 7.13. The Morgan fingerprint density at radius 1 is 1.22 bits per heavy atom. The van der Waals surface area contributed by atoms with E-state index in [4.69, 9.17) is 20.0 Å². The van der Waals surface area contributed by atoms with Crippen LogP contribution in [0.25, 0.3) is 0 Å². The Bertz CT molecular complexity index is 624. The van der Waals surface area contributed by atoms with Crippen molar-refractivity contribution in [3.8, 4) is 0 Å². The smallest absolute Gasteiger partial charge is 0.411 e. The van der Waals surface area contributed by atoms with Gasteiger partial charge in [0.2, 0.25) is 5.76 Å². The number of methoxy groups -OCH3 is 2. The molecule has 2 N–H and O–H groups in total. The first kappa shape index (κ1) is 22.2. The molecule has 1 unspecified atom stereocenters. The molecule has 1 aliphatic rings. The summed E-state index contributed by atoms with van der Waals surface area (Å²) in [5.74, 6) is -2.49. The van der Waals surface area contributed by atoms with Crippen molar-refractivity contribution in [2.45, 2.75) is 32.4 Å². The lowest BCUT2D eigenvalue weighted by Gasteiger charge is -2.35. The van der Waals surface area contributed by atoms with Gasteiger partial charge in [0.25, 0.3) is 0 Å². The number of nitrogens with zero attached hydrogens (tertiary/aromatic N) is 2. The molecule has 0 aromatic rings. The summed E-state index contributed by atoms with van der Waals surface area (Å²) >= 11 is 0. The standard InChI is InChI=1S/C16H25N3O8/c1-16(2,3)26-15(22)19-6-7-25-9-10(19)13(17)18-27-11(14(21)24-5)8-12(20)23-4/h8,10H,6-7,9H2,1-5H3,(H2,17,18)/b11-8+. The Morgan fingerprint density at radius 2 is 1.89 bits per heavy atom. The van der Waals surface area contributed by atoms with Crippen LogP contribution in [0.5, 0.6) is 0 Å². The van der Waals surface area contributed by atoms with Gasteiger partial charge in [-0.2, -0.15) is 0 Å². The minimum absolute atomic E-state index is 0.0617. The van der Waals surface area contributed by atoms with Crippen LogP contribution < -0.4 is 5.73 Å². The first-order valence-electron chi connectivity index (χ1n) is 8.04. The van der Waals surface area contributed by atoms with E-state index in [9.17, 15) is 14.4 Å². The van der Waals surface area contributed by atoms with Crippen LogP contribution in [0.15, 0.2) is 17.0 Å². The number of hydrogen-bond acceptors (Lipinski definition) is 9. The highest BCUT2D eigenvalue weighted by molar-refractivity contribution is 5.95. The number of morpholine rings is 1. The number of carbonyl (C=O) groups excluding carboxylic acids is 3. The maximum absolute atomic E-state index is 12.4. The largest absolute Gasteiger partial charge is 0.466 e. The topological polar surface area (TPSA) is 139 Å². The Labute approximate surface area is 157 Å². The van der Waals surface area contributed by atoms with E-state index in [0.29, 0.717) is 6.61 Å². The molecule has 152 valence electrons. The summed E-state index contributed by atoms with van der Waals surface area (Å²) in [6.45, 7) is 5.81. The maximum atomic E-state index is 12.4. The summed E-state index contributed by atoms with van der Waals surface area (Å²) in [6.07, 6.45) is 0.165. The van der Waals surface area contributed by atoms with E-state index in [1.54, 1.807) is 20.8 Å². The second-order valence-corrected chi connectivity index (χ2v) is 6.40. The molecule has 11 nitrogen and oxygen atoms in total. The quantitative estimate of drug-likeness (QED) is 0.133. The normalized spacial score (nSPS) is 18.6. The summed E-state index contributed by atoms with van der Waals surface area (Å²) in [7, 11) is 2.23. The van der Waals surface area contributed by atoms with E-state index < -0.39 is 35.4 Å². The minimum atomic E-state index is -0.958. The van der Waals surface area contributed by atoms with Crippen LogP contribution in [0.4, 0.5) is 4.79 Å². The summed E-state index contributed by atoms with van der Waals surface area (Å²) in [6, 6.07) is -0.773. The van der Waals surface area contributed by atoms with Gasteiger partial charge >= 0.3 is 18.0 Å². The highest BCUT2D eigenvalue weighted by Gasteiger charge is 2.34. The number of amides is 1. The minimum Gasteiger partial charge on any atom is -0.466 e. The summed E-state index contributed by atoms with van der Waals surface area (Å²) < 4.78 is 19.6. The maximum Gasteiger partial charge on any atom is 0.411 e. The fraction of sp³-hybridized carbons (Fsp3) is 0.625. The fourth-order valence-corrected chi connectivity index (χ4v) is 1.94. The molecule has 1 amide bonds. The second kappa shape index (κ2) is 9.76. The zero-order valence-electron chi connectivity index (χ0n) is 16.0. The van der Waals surface area contributed by atoms with E-state index >= 15 is 0 Å². The van der Waals surface area contributed by atoms with Gasteiger partial charge in [-0.1, -0.05) is 5.16 Å². The van der Waals surface area contributed by atoms with Crippen molar-refractivity contribution in [1.29, 1.82) is 0 Å². The zero-order valence-corrected chi connectivity index (χ0v) is 16.0. The molecule has 1 aliphatic heterocycles. The molecule has 27 heavy (non-hydrogen) atoms. The van der Waals surface area contributed by atoms with Gasteiger partial charge in [-0.05, 0) is 20.8 Å². The van der Waals surface area contributed by atoms with Gasteiger partial charge in [0, 0.05) is 6.54 Å².